The molecule has 1 fully saturated rings. The highest BCUT2D eigenvalue weighted by molar-refractivity contribution is 5.97. The van der Waals surface area contributed by atoms with E-state index in [1.807, 2.05) is 0 Å². The van der Waals surface area contributed by atoms with E-state index < -0.39 is 11.4 Å². The minimum Gasteiger partial charge on any atom is -0.494 e. The van der Waals surface area contributed by atoms with Crippen LogP contribution >= 0.6 is 0 Å². The van der Waals surface area contributed by atoms with Crippen LogP contribution < -0.4 is 10.1 Å². The smallest absolute Gasteiger partial charge is 0.311 e. The Hall–Kier alpha value is -2.11. The van der Waals surface area contributed by atoms with Gasteiger partial charge in [0, 0.05) is 12.7 Å². The van der Waals surface area contributed by atoms with Crippen molar-refractivity contribution in [1.82, 2.24) is 10.3 Å². The average Bonchev–Trinajstić information content (AvgIpc) is 2.36. The molecule has 1 aromatic heterocycles. The number of carboxylic acids is 1. The molecule has 2 rings (SSSR count). The SMILES string of the molecule is COc1cnccc1C(=O)NCC1(C(=O)O)CCC1. The van der Waals surface area contributed by atoms with Crippen molar-refractivity contribution < 1.29 is 19.4 Å². The zero-order valence-electron chi connectivity index (χ0n) is 10.7. The first-order valence-corrected chi connectivity index (χ1v) is 6.09. The Morgan fingerprint density at radius 1 is 1.53 bits per heavy atom. The van der Waals surface area contributed by atoms with Gasteiger partial charge in [0.05, 0.1) is 24.3 Å². The van der Waals surface area contributed by atoms with Gasteiger partial charge in [-0.25, -0.2) is 0 Å². The second-order valence-corrected chi connectivity index (χ2v) is 4.70. The molecule has 102 valence electrons. The molecule has 0 spiro atoms. The number of rotatable bonds is 5. The lowest BCUT2D eigenvalue weighted by atomic mass is 9.69. The molecule has 0 bridgehead atoms. The van der Waals surface area contributed by atoms with Crippen LogP contribution in [-0.4, -0.2) is 35.6 Å². The summed E-state index contributed by atoms with van der Waals surface area (Å²) >= 11 is 0. The van der Waals surface area contributed by atoms with Gasteiger partial charge in [-0.05, 0) is 18.9 Å². The number of hydrogen-bond donors (Lipinski definition) is 2. The fourth-order valence-electron chi connectivity index (χ4n) is 2.14. The standard InChI is InChI=1S/C13H16N2O4/c1-19-10-7-14-6-3-9(10)11(16)15-8-13(12(17)18)4-2-5-13/h3,6-7H,2,4-5,8H2,1H3,(H,15,16)(H,17,18). The molecule has 6 nitrogen and oxygen atoms in total. The number of aliphatic carboxylic acids is 1. The van der Waals surface area contributed by atoms with Crippen LogP contribution in [0.5, 0.6) is 5.75 Å². The van der Waals surface area contributed by atoms with E-state index >= 15 is 0 Å². The van der Waals surface area contributed by atoms with Crippen molar-refractivity contribution in [3.8, 4) is 5.75 Å². The van der Waals surface area contributed by atoms with Crippen molar-refractivity contribution in [2.24, 2.45) is 5.41 Å². The van der Waals surface area contributed by atoms with Crippen LogP contribution in [0.15, 0.2) is 18.5 Å². The number of pyridine rings is 1. The molecule has 19 heavy (non-hydrogen) atoms. The van der Waals surface area contributed by atoms with Gasteiger partial charge < -0.3 is 15.2 Å². The van der Waals surface area contributed by atoms with Crippen molar-refractivity contribution in [3.63, 3.8) is 0 Å². The third-order valence-corrected chi connectivity index (χ3v) is 3.60. The zero-order chi connectivity index (χ0) is 13.9. The lowest BCUT2D eigenvalue weighted by molar-refractivity contribution is -0.153. The quantitative estimate of drug-likeness (QED) is 0.830. The van der Waals surface area contributed by atoms with E-state index in [4.69, 9.17) is 4.74 Å². The normalized spacial score (nSPS) is 16.3. The maximum absolute atomic E-state index is 12.0. The topological polar surface area (TPSA) is 88.5 Å². The molecule has 0 atom stereocenters. The lowest BCUT2D eigenvalue weighted by Gasteiger charge is -2.37. The summed E-state index contributed by atoms with van der Waals surface area (Å²) in [6, 6.07) is 1.54. The molecule has 1 saturated carbocycles. The van der Waals surface area contributed by atoms with E-state index in [1.165, 1.54) is 19.5 Å². The van der Waals surface area contributed by atoms with Gasteiger partial charge in [-0.15, -0.1) is 0 Å². The predicted molar refractivity (Wildman–Crippen MR) is 67.0 cm³/mol. The summed E-state index contributed by atoms with van der Waals surface area (Å²) in [6.07, 6.45) is 5.05. The third kappa shape index (κ3) is 2.52. The molecule has 0 unspecified atom stereocenters. The Morgan fingerprint density at radius 2 is 2.26 bits per heavy atom. The Bertz CT molecular complexity index is 497. The molecule has 1 amide bonds. The molecule has 0 aromatic carbocycles. The molecule has 1 aromatic rings. The average molecular weight is 264 g/mol. The van der Waals surface area contributed by atoms with Crippen LogP contribution in [0.2, 0.25) is 0 Å². The Morgan fingerprint density at radius 3 is 2.79 bits per heavy atom. The maximum atomic E-state index is 12.0. The third-order valence-electron chi connectivity index (χ3n) is 3.60. The van der Waals surface area contributed by atoms with E-state index in [0.717, 1.165) is 6.42 Å². The van der Waals surface area contributed by atoms with Crippen molar-refractivity contribution in [3.05, 3.63) is 24.0 Å². The number of carbonyl (C=O) groups excluding carboxylic acids is 1. The van der Waals surface area contributed by atoms with Crippen molar-refractivity contribution in [2.75, 3.05) is 13.7 Å². The minimum atomic E-state index is -0.847. The molecule has 0 aliphatic heterocycles. The van der Waals surface area contributed by atoms with E-state index in [9.17, 15) is 14.7 Å². The van der Waals surface area contributed by atoms with Crippen molar-refractivity contribution >= 4 is 11.9 Å². The zero-order valence-corrected chi connectivity index (χ0v) is 10.7. The molecule has 1 aliphatic carbocycles. The first-order chi connectivity index (χ1) is 9.09. The number of carboxylic acid groups (broad SMARTS) is 1. The molecular weight excluding hydrogens is 248 g/mol. The molecule has 0 saturated heterocycles. The number of carbonyl (C=O) groups is 2. The van der Waals surface area contributed by atoms with E-state index in [-0.39, 0.29) is 12.5 Å². The van der Waals surface area contributed by atoms with Gasteiger partial charge in [0.1, 0.15) is 5.75 Å². The lowest BCUT2D eigenvalue weighted by Crippen LogP contribution is -2.47. The fraction of sp³-hybridized carbons (Fsp3) is 0.462. The van der Waals surface area contributed by atoms with Gasteiger partial charge in [0.25, 0.3) is 5.91 Å². The number of methoxy groups -OCH3 is 1. The van der Waals surface area contributed by atoms with Crippen LogP contribution in [0.1, 0.15) is 29.6 Å². The molecule has 2 N–H and O–H groups in total. The van der Waals surface area contributed by atoms with Crippen LogP contribution in [0.25, 0.3) is 0 Å². The number of aromatic nitrogens is 1. The van der Waals surface area contributed by atoms with E-state index in [2.05, 4.69) is 10.3 Å². The number of amides is 1. The predicted octanol–water partition coefficient (Wildman–Crippen LogP) is 1.07. The summed E-state index contributed by atoms with van der Waals surface area (Å²) in [4.78, 5) is 27.1. The highest BCUT2D eigenvalue weighted by atomic mass is 16.5. The molecule has 0 radical (unpaired) electrons. The van der Waals surface area contributed by atoms with Gasteiger partial charge in [0.15, 0.2) is 0 Å². The van der Waals surface area contributed by atoms with Crippen molar-refractivity contribution in [1.29, 1.82) is 0 Å². The fourth-order valence-corrected chi connectivity index (χ4v) is 2.14. The van der Waals surface area contributed by atoms with E-state index in [0.29, 0.717) is 24.2 Å². The molecule has 1 aliphatic rings. The molecule has 6 heteroatoms. The largest absolute Gasteiger partial charge is 0.494 e. The van der Waals surface area contributed by atoms with Gasteiger partial charge in [-0.2, -0.15) is 0 Å². The second kappa shape index (κ2) is 5.26. The first kappa shape index (κ1) is 13.3. The first-order valence-electron chi connectivity index (χ1n) is 6.09. The number of hydrogen-bond acceptors (Lipinski definition) is 4. The van der Waals surface area contributed by atoms with Crippen LogP contribution in [0.4, 0.5) is 0 Å². The Kier molecular flexibility index (Phi) is 3.69. The Balaban J connectivity index is 2.03. The van der Waals surface area contributed by atoms with Gasteiger partial charge in [-0.3, -0.25) is 14.6 Å². The van der Waals surface area contributed by atoms with Gasteiger partial charge >= 0.3 is 5.97 Å². The highest BCUT2D eigenvalue weighted by Crippen LogP contribution is 2.40. The van der Waals surface area contributed by atoms with Crippen molar-refractivity contribution in [2.45, 2.75) is 19.3 Å². The summed E-state index contributed by atoms with van der Waals surface area (Å²) in [6.45, 7) is 0.145. The molecular formula is C13H16N2O4. The number of ether oxygens (including phenoxy) is 1. The van der Waals surface area contributed by atoms with Gasteiger partial charge in [-0.1, -0.05) is 6.42 Å². The Labute approximate surface area is 110 Å². The van der Waals surface area contributed by atoms with E-state index in [1.54, 1.807) is 6.07 Å². The number of nitrogens with zero attached hydrogens (tertiary/aromatic N) is 1. The highest BCUT2D eigenvalue weighted by Gasteiger charge is 2.44. The summed E-state index contributed by atoms with van der Waals surface area (Å²) in [7, 11) is 1.46. The van der Waals surface area contributed by atoms with Gasteiger partial charge in [0.2, 0.25) is 0 Å². The second-order valence-electron chi connectivity index (χ2n) is 4.70. The maximum Gasteiger partial charge on any atom is 0.311 e. The molecule has 1 heterocycles. The monoisotopic (exact) mass is 264 g/mol. The summed E-state index contributed by atoms with van der Waals surface area (Å²) in [5, 5.41) is 11.9. The van der Waals surface area contributed by atoms with Crippen LogP contribution in [0, 0.1) is 5.41 Å². The summed E-state index contributed by atoms with van der Waals surface area (Å²) < 4.78 is 5.05. The minimum absolute atomic E-state index is 0.145. The number of nitrogens with one attached hydrogen (secondary N) is 1. The van der Waals surface area contributed by atoms with Crippen LogP contribution in [-0.2, 0) is 4.79 Å². The summed E-state index contributed by atoms with van der Waals surface area (Å²) in [5.74, 6) is -0.814. The van der Waals surface area contributed by atoms with Crippen LogP contribution in [0.3, 0.4) is 0 Å². The summed E-state index contributed by atoms with van der Waals surface area (Å²) in [5.41, 5.74) is -0.437.